The van der Waals surface area contributed by atoms with Gasteiger partial charge in [-0.3, -0.25) is 9.59 Å². The van der Waals surface area contributed by atoms with Crippen LogP contribution in [0.1, 0.15) is 24.2 Å². The first kappa shape index (κ1) is 14.8. The van der Waals surface area contributed by atoms with Gasteiger partial charge in [-0.1, -0.05) is 0 Å². The second kappa shape index (κ2) is 6.08. The molecule has 0 aliphatic carbocycles. The molecule has 1 unspecified atom stereocenters. The molecule has 0 heterocycles. The van der Waals surface area contributed by atoms with Crippen LogP contribution in [0, 0.1) is 0 Å². The molecule has 6 heteroatoms. The van der Waals surface area contributed by atoms with Gasteiger partial charge in [-0.2, -0.15) is 0 Å². The van der Waals surface area contributed by atoms with E-state index in [0.29, 0.717) is 23.5 Å². The van der Waals surface area contributed by atoms with Crippen molar-refractivity contribution in [2.45, 2.75) is 19.9 Å². The Labute approximate surface area is 112 Å². The smallest absolute Gasteiger partial charge is 0.254 e. The molecule has 1 atom stereocenters. The fraction of sp³-hybridized carbons (Fsp3) is 0.385. The van der Waals surface area contributed by atoms with Gasteiger partial charge in [0.15, 0.2) is 0 Å². The van der Waals surface area contributed by atoms with Crippen molar-refractivity contribution in [2.24, 2.45) is 0 Å². The molecule has 0 radical (unpaired) electrons. The number of carbonyl (C=O) groups is 2. The van der Waals surface area contributed by atoms with Crippen LogP contribution in [0.2, 0.25) is 0 Å². The van der Waals surface area contributed by atoms with Gasteiger partial charge in [-0.25, -0.2) is 0 Å². The molecular weight excluding hydrogens is 244 g/mol. The van der Waals surface area contributed by atoms with Crippen molar-refractivity contribution in [3.63, 3.8) is 0 Å². The second-order valence-corrected chi connectivity index (χ2v) is 4.39. The first-order valence-electron chi connectivity index (χ1n) is 6.07. The van der Waals surface area contributed by atoms with E-state index >= 15 is 0 Å². The highest BCUT2D eigenvalue weighted by Crippen LogP contribution is 2.15. The number of anilines is 2. The molecule has 19 heavy (non-hydrogen) atoms. The molecule has 0 aliphatic rings. The van der Waals surface area contributed by atoms with Crippen LogP contribution in [-0.2, 0) is 4.79 Å². The largest absolute Gasteiger partial charge is 0.399 e. The number of nitrogens with one attached hydrogen (secondary N) is 1. The van der Waals surface area contributed by atoms with E-state index in [4.69, 9.17) is 11.5 Å². The maximum absolute atomic E-state index is 12.0. The van der Waals surface area contributed by atoms with Gasteiger partial charge >= 0.3 is 0 Å². The summed E-state index contributed by atoms with van der Waals surface area (Å²) < 4.78 is 0. The normalized spacial score (nSPS) is 11.7. The average molecular weight is 264 g/mol. The van der Waals surface area contributed by atoms with Crippen LogP contribution in [-0.4, -0.2) is 36.3 Å². The maximum Gasteiger partial charge on any atom is 0.254 e. The predicted octanol–water partition coefficient (Wildman–Crippen LogP) is 0.448. The zero-order valence-corrected chi connectivity index (χ0v) is 11.4. The molecule has 6 nitrogen and oxygen atoms in total. The van der Waals surface area contributed by atoms with E-state index in [1.807, 2.05) is 6.92 Å². The summed E-state index contributed by atoms with van der Waals surface area (Å²) >= 11 is 0. The molecule has 0 aliphatic heterocycles. The maximum atomic E-state index is 12.0. The van der Waals surface area contributed by atoms with Crippen LogP contribution in [0.3, 0.4) is 0 Å². The number of rotatable bonds is 4. The first-order valence-corrected chi connectivity index (χ1v) is 6.07. The third kappa shape index (κ3) is 3.61. The number of hydrogen-bond donors (Lipinski definition) is 3. The Balaban J connectivity index is 2.77. The number of carbonyl (C=O) groups excluding carboxylic acids is 2. The number of nitrogen functional groups attached to an aromatic ring is 2. The molecule has 1 aromatic carbocycles. The van der Waals surface area contributed by atoms with Crippen molar-refractivity contribution in [3.8, 4) is 0 Å². The van der Waals surface area contributed by atoms with Gasteiger partial charge in [-0.15, -0.1) is 0 Å². The Morgan fingerprint density at radius 2 is 2.00 bits per heavy atom. The van der Waals surface area contributed by atoms with Crippen molar-refractivity contribution in [3.05, 3.63) is 23.8 Å². The van der Waals surface area contributed by atoms with E-state index in [0.717, 1.165) is 0 Å². The van der Waals surface area contributed by atoms with Gasteiger partial charge in [0.2, 0.25) is 5.91 Å². The van der Waals surface area contributed by atoms with Gasteiger partial charge in [0.1, 0.15) is 6.04 Å². The summed E-state index contributed by atoms with van der Waals surface area (Å²) in [5, 5.41) is 2.62. The number of nitrogens with zero attached hydrogens (tertiary/aromatic N) is 1. The fourth-order valence-corrected chi connectivity index (χ4v) is 1.61. The summed E-state index contributed by atoms with van der Waals surface area (Å²) in [4.78, 5) is 25.4. The number of likely N-dealkylation sites (N-methyl/N-ethyl adjacent to an activating group) is 1. The SMILES string of the molecule is CCN(C)C(=O)C(C)NC(=O)c1ccc(N)cc1N. The van der Waals surface area contributed by atoms with Gasteiger partial charge in [0, 0.05) is 25.0 Å². The van der Waals surface area contributed by atoms with Crippen LogP contribution in [0.15, 0.2) is 18.2 Å². The summed E-state index contributed by atoms with van der Waals surface area (Å²) in [5.41, 5.74) is 12.4. The van der Waals surface area contributed by atoms with Crippen LogP contribution in [0.5, 0.6) is 0 Å². The Kier molecular flexibility index (Phi) is 4.74. The average Bonchev–Trinajstić information content (AvgIpc) is 2.36. The lowest BCUT2D eigenvalue weighted by Crippen LogP contribution is -2.45. The molecule has 1 aromatic rings. The lowest BCUT2D eigenvalue weighted by atomic mass is 10.1. The molecule has 5 N–H and O–H groups in total. The molecule has 0 bridgehead atoms. The molecule has 0 fully saturated rings. The Morgan fingerprint density at radius 1 is 1.37 bits per heavy atom. The van der Waals surface area contributed by atoms with Crippen LogP contribution in [0.25, 0.3) is 0 Å². The quantitative estimate of drug-likeness (QED) is 0.687. The van der Waals surface area contributed by atoms with Crippen LogP contribution < -0.4 is 16.8 Å². The first-order chi connectivity index (χ1) is 8.86. The number of amides is 2. The minimum absolute atomic E-state index is 0.148. The summed E-state index contributed by atoms with van der Waals surface area (Å²) in [5.74, 6) is -0.535. The summed E-state index contributed by atoms with van der Waals surface area (Å²) in [6, 6.07) is 4.05. The minimum Gasteiger partial charge on any atom is -0.399 e. The fourth-order valence-electron chi connectivity index (χ4n) is 1.61. The zero-order chi connectivity index (χ0) is 14.6. The van der Waals surface area contributed by atoms with E-state index in [9.17, 15) is 9.59 Å². The van der Waals surface area contributed by atoms with Crippen molar-refractivity contribution in [1.82, 2.24) is 10.2 Å². The molecule has 0 aromatic heterocycles. The van der Waals surface area contributed by atoms with Crippen molar-refractivity contribution in [2.75, 3.05) is 25.1 Å². The monoisotopic (exact) mass is 264 g/mol. The number of benzene rings is 1. The second-order valence-electron chi connectivity index (χ2n) is 4.39. The van der Waals surface area contributed by atoms with Gasteiger partial charge in [0.25, 0.3) is 5.91 Å². The Hall–Kier alpha value is -2.24. The summed E-state index contributed by atoms with van der Waals surface area (Å²) in [7, 11) is 1.68. The summed E-state index contributed by atoms with van der Waals surface area (Å²) in [6.45, 7) is 4.09. The van der Waals surface area contributed by atoms with E-state index < -0.39 is 6.04 Å². The molecule has 0 saturated heterocycles. The number of nitrogens with two attached hydrogens (primary N) is 2. The third-order valence-corrected chi connectivity index (χ3v) is 2.89. The third-order valence-electron chi connectivity index (χ3n) is 2.89. The highest BCUT2D eigenvalue weighted by atomic mass is 16.2. The molecule has 104 valence electrons. The molecule has 1 rings (SSSR count). The van der Waals surface area contributed by atoms with Crippen molar-refractivity contribution >= 4 is 23.2 Å². The lowest BCUT2D eigenvalue weighted by molar-refractivity contribution is -0.131. The van der Waals surface area contributed by atoms with Crippen molar-refractivity contribution < 1.29 is 9.59 Å². The molecule has 0 spiro atoms. The van der Waals surface area contributed by atoms with Gasteiger partial charge in [0.05, 0.1) is 5.56 Å². The highest BCUT2D eigenvalue weighted by Gasteiger charge is 2.20. The number of hydrogen-bond acceptors (Lipinski definition) is 4. The van der Waals surface area contributed by atoms with Gasteiger partial charge in [-0.05, 0) is 32.0 Å². The van der Waals surface area contributed by atoms with Crippen LogP contribution >= 0.6 is 0 Å². The molecule has 2 amide bonds. The van der Waals surface area contributed by atoms with Gasteiger partial charge < -0.3 is 21.7 Å². The van der Waals surface area contributed by atoms with E-state index in [1.54, 1.807) is 26.1 Å². The van der Waals surface area contributed by atoms with E-state index in [-0.39, 0.29) is 11.8 Å². The van der Waals surface area contributed by atoms with E-state index in [1.165, 1.54) is 11.0 Å². The highest BCUT2D eigenvalue weighted by molar-refractivity contribution is 6.01. The zero-order valence-electron chi connectivity index (χ0n) is 11.4. The Morgan fingerprint density at radius 3 is 2.53 bits per heavy atom. The Bertz CT molecular complexity index is 488. The summed E-state index contributed by atoms with van der Waals surface area (Å²) in [6.07, 6.45) is 0. The standard InChI is InChI=1S/C13H20N4O2/c1-4-17(3)13(19)8(2)16-12(18)10-6-5-9(14)7-11(10)15/h5-8H,4,14-15H2,1-3H3,(H,16,18). The molecule has 0 saturated carbocycles. The topological polar surface area (TPSA) is 101 Å². The minimum atomic E-state index is -0.602. The van der Waals surface area contributed by atoms with E-state index in [2.05, 4.69) is 5.32 Å². The molecular formula is C13H20N4O2. The van der Waals surface area contributed by atoms with Crippen LogP contribution in [0.4, 0.5) is 11.4 Å². The van der Waals surface area contributed by atoms with Crippen molar-refractivity contribution in [1.29, 1.82) is 0 Å². The lowest BCUT2D eigenvalue weighted by Gasteiger charge is -2.20. The predicted molar refractivity (Wildman–Crippen MR) is 75.5 cm³/mol.